The fourth-order valence-corrected chi connectivity index (χ4v) is 2.36. The van der Waals surface area contributed by atoms with Crippen molar-refractivity contribution >= 4 is 35.8 Å². The van der Waals surface area contributed by atoms with Gasteiger partial charge in [0.25, 0.3) is 0 Å². The highest BCUT2D eigenvalue weighted by Gasteiger charge is 2.22. The summed E-state index contributed by atoms with van der Waals surface area (Å²) in [5, 5.41) is 5.86. The molecule has 1 unspecified atom stereocenters. The third-order valence-electron chi connectivity index (χ3n) is 3.63. The topological polar surface area (TPSA) is 82.8 Å². The van der Waals surface area contributed by atoms with Crippen molar-refractivity contribution in [3.05, 3.63) is 0 Å². The number of carbonyl (C=O) groups is 1. The van der Waals surface area contributed by atoms with Crippen LogP contribution in [0.3, 0.4) is 0 Å². The third kappa shape index (κ3) is 7.85. The lowest BCUT2D eigenvalue weighted by Gasteiger charge is -2.21. The van der Waals surface area contributed by atoms with Gasteiger partial charge in [0.15, 0.2) is 5.96 Å². The average Bonchev–Trinajstić information content (AvgIpc) is 2.88. The second kappa shape index (κ2) is 11.1. The first-order valence-corrected chi connectivity index (χ1v) is 7.60. The largest absolute Gasteiger partial charge is 0.370 e. The number of aliphatic imine (C=N–C) groups is 1. The third-order valence-corrected chi connectivity index (χ3v) is 3.63. The monoisotopic (exact) mass is 411 g/mol. The summed E-state index contributed by atoms with van der Waals surface area (Å²) in [6.45, 7) is 10.1. The van der Waals surface area contributed by atoms with Gasteiger partial charge in [0.2, 0.25) is 5.91 Å². The van der Waals surface area contributed by atoms with Crippen LogP contribution < -0.4 is 16.4 Å². The van der Waals surface area contributed by atoms with E-state index in [2.05, 4.69) is 27.4 Å². The van der Waals surface area contributed by atoms with Gasteiger partial charge in [0, 0.05) is 25.0 Å². The highest BCUT2D eigenvalue weighted by molar-refractivity contribution is 14.0. The van der Waals surface area contributed by atoms with Crippen LogP contribution in [0, 0.1) is 5.92 Å². The van der Waals surface area contributed by atoms with Gasteiger partial charge in [-0.15, -0.1) is 24.0 Å². The molecule has 0 bridgehead atoms. The van der Waals surface area contributed by atoms with Crippen molar-refractivity contribution in [3.8, 4) is 0 Å². The van der Waals surface area contributed by atoms with E-state index in [4.69, 9.17) is 5.73 Å². The van der Waals surface area contributed by atoms with E-state index >= 15 is 0 Å². The molecular formula is C14H30IN5O. The number of nitrogens with one attached hydrogen (secondary N) is 2. The van der Waals surface area contributed by atoms with E-state index in [0.29, 0.717) is 25.1 Å². The molecule has 0 radical (unpaired) electrons. The zero-order valence-electron chi connectivity index (χ0n) is 13.4. The van der Waals surface area contributed by atoms with Gasteiger partial charge < -0.3 is 16.4 Å². The van der Waals surface area contributed by atoms with E-state index in [1.165, 1.54) is 19.4 Å². The molecule has 6 nitrogen and oxygen atoms in total. The number of likely N-dealkylation sites (N-methyl/N-ethyl adjacent to an activating group) is 1. The number of nitrogens with zero attached hydrogens (tertiary/aromatic N) is 2. The summed E-state index contributed by atoms with van der Waals surface area (Å²) >= 11 is 0. The lowest BCUT2D eigenvalue weighted by atomic mass is 10.2. The molecule has 1 fully saturated rings. The van der Waals surface area contributed by atoms with E-state index in [1.807, 2.05) is 13.8 Å². The Kier molecular flexibility index (Phi) is 10.8. The first-order valence-electron chi connectivity index (χ1n) is 7.60. The number of carbonyl (C=O) groups excluding carboxylic acids is 1. The van der Waals surface area contributed by atoms with E-state index in [0.717, 1.165) is 13.1 Å². The Morgan fingerprint density at radius 3 is 2.67 bits per heavy atom. The summed E-state index contributed by atoms with van der Waals surface area (Å²) in [7, 11) is 0. The lowest BCUT2D eigenvalue weighted by Crippen LogP contribution is -2.40. The molecule has 1 atom stereocenters. The summed E-state index contributed by atoms with van der Waals surface area (Å²) in [5.74, 6) is 0.544. The fraction of sp³-hybridized carbons (Fsp3) is 0.857. The summed E-state index contributed by atoms with van der Waals surface area (Å²) in [6, 6.07) is 0.529. The molecule has 1 heterocycles. The number of halogens is 1. The molecule has 1 amide bonds. The van der Waals surface area contributed by atoms with Crippen molar-refractivity contribution in [2.24, 2.45) is 16.6 Å². The van der Waals surface area contributed by atoms with Crippen LogP contribution in [0.2, 0.25) is 0 Å². The molecule has 21 heavy (non-hydrogen) atoms. The molecule has 7 heteroatoms. The Morgan fingerprint density at radius 1 is 1.38 bits per heavy atom. The highest BCUT2D eigenvalue weighted by Crippen LogP contribution is 2.16. The summed E-state index contributed by atoms with van der Waals surface area (Å²) in [4.78, 5) is 18.2. The van der Waals surface area contributed by atoms with Crippen LogP contribution in [0.1, 0.15) is 33.6 Å². The van der Waals surface area contributed by atoms with Crippen LogP contribution in [-0.4, -0.2) is 55.5 Å². The minimum absolute atomic E-state index is 0. The van der Waals surface area contributed by atoms with Crippen LogP contribution in [-0.2, 0) is 4.79 Å². The van der Waals surface area contributed by atoms with E-state index in [1.54, 1.807) is 0 Å². The van der Waals surface area contributed by atoms with Crippen LogP contribution >= 0.6 is 24.0 Å². The molecule has 0 spiro atoms. The molecule has 0 aromatic heterocycles. The van der Waals surface area contributed by atoms with Gasteiger partial charge >= 0.3 is 0 Å². The van der Waals surface area contributed by atoms with Crippen LogP contribution in [0.25, 0.3) is 0 Å². The van der Waals surface area contributed by atoms with Crippen molar-refractivity contribution in [1.82, 2.24) is 15.5 Å². The predicted octanol–water partition coefficient (Wildman–Crippen LogP) is 0.765. The van der Waals surface area contributed by atoms with Gasteiger partial charge in [0.1, 0.15) is 0 Å². The van der Waals surface area contributed by atoms with Gasteiger partial charge in [-0.25, -0.2) is 0 Å². The molecule has 0 aromatic rings. The maximum atomic E-state index is 11.4. The van der Waals surface area contributed by atoms with E-state index in [9.17, 15) is 4.79 Å². The van der Waals surface area contributed by atoms with Crippen molar-refractivity contribution in [2.45, 2.75) is 39.7 Å². The van der Waals surface area contributed by atoms with Gasteiger partial charge in [0.05, 0.1) is 6.54 Å². The molecule has 1 aliphatic rings. The normalized spacial score (nSPS) is 19.4. The molecule has 0 aromatic carbocycles. The number of guanidine groups is 1. The smallest absolute Gasteiger partial charge is 0.222 e. The Hall–Kier alpha value is -0.570. The second-order valence-electron chi connectivity index (χ2n) is 5.52. The Labute approximate surface area is 145 Å². The van der Waals surface area contributed by atoms with Crippen molar-refractivity contribution in [2.75, 3.05) is 32.7 Å². The maximum absolute atomic E-state index is 11.4. The SMILES string of the molecule is CCN1CCCC1CN=C(N)NCCNC(=O)C(C)C.I. The Morgan fingerprint density at radius 2 is 2.05 bits per heavy atom. The second-order valence-corrected chi connectivity index (χ2v) is 5.52. The van der Waals surface area contributed by atoms with Crippen LogP contribution in [0.4, 0.5) is 0 Å². The fourth-order valence-electron chi connectivity index (χ4n) is 2.36. The van der Waals surface area contributed by atoms with Gasteiger partial charge in [-0.05, 0) is 25.9 Å². The van der Waals surface area contributed by atoms with E-state index < -0.39 is 0 Å². The number of nitrogens with two attached hydrogens (primary N) is 1. The molecule has 1 rings (SSSR count). The van der Waals surface area contributed by atoms with Gasteiger partial charge in [-0.2, -0.15) is 0 Å². The highest BCUT2D eigenvalue weighted by atomic mass is 127. The molecule has 0 saturated carbocycles. The quantitative estimate of drug-likeness (QED) is 0.250. The number of rotatable bonds is 7. The summed E-state index contributed by atoms with van der Waals surface area (Å²) < 4.78 is 0. The number of likely N-dealkylation sites (tertiary alicyclic amines) is 1. The molecule has 0 aliphatic carbocycles. The number of amides is 1. The van der Waals surface area contributed by atoms with Gasteiger partial charge in [-0.1, -0.05) is 20.8 Å². The lowest BCUT2D eigenvalue weighted by molar-refractivity contribution is -0.123. The number of hydrogen-bond acceptors (Lipinski definition) is 3. The molecule has 1 saturated heterocycles. The molecule has 124 valence electrons. The molecule has 1 aliphatic heterocycles. The Balaban J connectivity index is 0.00000400. The van der Waals surface area contributed by atoms with Gasteiger partial charge in [-0.3, -0.25) is 14.7 Å². The Bertz CT molecular complexity index is 335. The zero-order valence-corrected chi connectivity index (χ0v) is 15.7. The minimum atomic E-state index is 0. The van der Waals surface area contributed by atoms with Crippen molar-refractivity contribution in [1.29, 1.82) is 0 Å². The van der Waals surface area contributed by atoms with Crippen molar-refractivity contribution < 1.29 is 4.79 Å². The zero-order chi connectivity index (χ0) is 15.0. The summed E-state index contributed by atoms with van der Waals surface area (Å²) in [6.07, 6.45) is 2.46. The minimum Gasteiger partial charge on any atom is -0.370 e. The molecule has 4 N–H and O–H groups in total. The van der Waals surface area contributed by atoms with Crippen LogP contribution in [0.15, 0.2) is 4.99 Å². The predicted molar refractivity (Wildman–Crippen MR) is 98.0 cm³/mol. The first-order chi connectivity index (χ1) is 9.54. The standard InChI is InChI=1S/C14H29N5O.HI/c1-4-19-9-5-6-12(19)10-18-14(15)17-8-7-16-13(20)11(2)3;/h11-12H,4-10H2,1-3H3,(H,16,20)(H3,15,17,18);1H. The number of hydrogen-bond donors (Lipinski definition) is 3. The van der Waals surface area contributed by atoms with Crippen LogP contribution in [0.5, 0.6) is 0 Å². The van der Waals surface area contributed by atoms with Crippen molar-refractivity contribution in [3.63, 3.8) is 0 Å². The summed E-state index contributed by atoms with van der Waals surface area (Å²) in [5.41, 5.74) is 5.82. The van der Waals surface area contributed by atoms with E-state index in [-0.39, 0.29) is 35.8 Å². The average molecular weight is 411 g/mol. The maximum Gasteiger partial charge on any atom is 0.222 e. The first kappa shape index (κ1) is 20.4. The molecular weight excluding hydrogens is 381 g/mol.